The summed E-state index contributed by atoms with van der Waals surface area (Å²) in [6.45, 7) is 1.68. The molecule has 1 aromatic carbocycles. The highest BCUT2D eigenvalue weighted by Gasteiger charge is 2.53. The minimum absolute atomic E-state index is 0.00800. The SMILES string of the molecule is CC1=C(C(=O)O)N2C(=O)[C@@H](NC(=O)C(N)c3cc(O)cc4sccc34)[C@@H]2SC1. The first kappa shape index (κ1) is 18.8. The molecule has 1 saturated heterocycles. The molecule has 0 saturated carbocycles. The number of rotatable bonds is 4. The summed E-state index contributed by atoms with van der Waals surface area (Å²) in [7, 11) is 0. The zero-order chi connectivity index (χ0) is 20.2. The number of benzene rings is 1. The molecule has 2 aliphatic heterocycles. The molecule has 1 aromatic heterocycles. The van der Waals surface area contributed by atoms with Crippen LogP contribution in [-0.2, 0) is 14.4 Å². The van der Waals surface area contributed by atoms with Gasteiger partial charge in [-0.3, -0.25) is 14.5 Å². The van der Waals surface area contributed by atoms with Crippen molar-refractivity contribution in [2.75, 3.05) is 5.75 Å². The predicted octanol–water partition coefficient (Wildman–Crippen LogP) is 1.37. The lowest BCUT2D eigenvalue weighted by atomic mass is 9.99. The van der Waals surface area contributed by atoms with Crippen LogP contribution >= 0.6 is 23.1 Å². The number of thioether (sulfide) groups is 1. The van der Waals surface area contributed by atoms with Crippen molar-refractivity contribution in [3.05, 3.63) is 40.4 Å². The minimum atomic E-state index is -1.16. The number of phenols is 1. The Morgan fingerprint density at radius 3 is 2.86 bits per heavy atom. The van der Waals surface area contributed by atoms with Gasteiger partial charge in [0.1, 0.15) is 28.9 Å². The fourth-order valence-corrected chi connectivity index (χ4v) is 5.65. The molecule has 146 valence electrons. The number of hydrogen-bond acceptors (Lipinski definition) is 7. The Labute approximate surface area is 168 Å². The Morgan fingerprint density at radius 1 is 1.39 bits per heavy atom. The molecule has 0 aliphatic carbocycles. The van der Waals surface area contributed by atoms with Gasteiger partial charge in [-0.05, 0) is 47.0 Å². The van der Waals surface area contributed by atoms with Crippen molar-refractivity contribution in [2.45, 2.75) is 24.4 Å². The monoisotopic (exact) mass is 419 g/mol. The Balaban J connectivity index is 1.54. The van der Waals surface area contributed by atoms with E-state index in [1.165, 1.54) is 34.1 Å². The van der Waals surface area contributed by atoms with Gasteiger partial charge in [0.05, 0.1) is 0 Å². The second kappa shape index (κ2) is 6.80. The van der Waals surface area contributed by atoms with Gasteiger partial charge in [0.15, 0.2) is 0 Å². The van der Waals surface area contributed by atoms with E-state index in [-0.39, 0.29) is 11.4 Å². The number of nitrogens with two attached hydrogens (primary N) is 1. The lowest BCUT2D eigenvalue weighted by molar-refractivity contribution is -0.150. The number of carbonyl (C=O) groups is 3. The lowest BCUT2D eigenvalue weighted by Gasteiger charge is -2.49. The molecule has 5 N–H and O–H groups in total. The number of nitrogens with one attached hydrogen (secondary N) is 1. The molecule has 3 atom stereocenters. The Bertz CT molecular complexity index is 1050. The first-order valence-corrected chi connectivity index (χ1v) is 10.4. The average molecular weight is 419 g/mol. The van der Waals surface area contributed by atoms with Gasteiger partial charge < -0.3 is 21.3 Å². The molecule has 1 unspecified atom stereocenters. The number of hydrogen-bond donors (Lipinski definition) is 4. The van der Waals surface area contributed by atoms with Crippen molar-refractivity contribution in [2.24, 2.45) is 5.73 Å². The molecular weight excluding hydrogens is 402 g/mol. The van der Waals surface area contributed by atoms with Gasteiger partial charge in [0.25, 0.3) is 5.91 Å². The van der Waals surface area contributed by atoms with Crippen LogP contribution in [0, 0.1) is 0 Å². The van der Waals surface area contributed by atoms with E-state index in [4.69, 9.17) is 5.73 Å². The van der Waals surface area contributed by atoms with Crippen molar-refractivity contribution in [3.63, 3.8) is 0 Å². The Kier molecular flexibility index (Phi) is 4.56. The normalized spacial score (nSPS) is 22.6. The summed E-state index contributed by atoms with van der Waals surface area (Å²) < 4.78 is 0.804. The highest BCUT2D eigenvalue weighted by Crippen LogP contribution is 2.40. The van der Waals surface area contributed by atoms with Gasteiger partial charge in [-0.15, -0.1) is 23.1 Å². The van der Waals surface area contributed by atoms with Gasteiger partial charge in [0.2, 0.25) is 5.91 Å². The number of carboxylic acids is 1. The van der Waals surface area contributed by atoms with Crippen LogP contribution in [0.1, 0.15) is 18.5 Å². The van der Waals surface area contributed by atoms with E-state index in [9.17, 15) is 24.6 Å². The van der Waals surface area contributed by atoms with Crippen molar-refractivity contribution < 1.29 is 24.6 Å². The van der Waals surface area contributed by atoms with Crippen molar-refractivity contribution >= 4 is 51.0 Å². The molecule has 1 fully saturated rings. The average Bonchev–Trinajstić information content (AvgIpc) is 3.12. The number of fused-ring (bicyclic) bond motifs is 2. The van der Waals surface area contributed by atoms with Crippen LogP contribution in [-0.4, -0.2) is 50.1 Å². The highest BCUT2D eigenvalue weighted by atomic mass is 32.2. The maximum Gasteiger partial charge on any atom is 0.352 e. The number of carboxylic acid groups (broad SMARTS) is 1. The molecular formula is C18H17N3O5S2. The number of nitrogens with zero attached hydrogens (tertiary/aromatic N) is 1. The summed E-state index contributed by atoms with van der Waals surface area (Å²) in [6.07, 6.45) is 0. The number of aliphatic carboxylic acids is 1. The van der Waals surface area contributed by atoms with Crippen LogP contribution in [0.5, 0.6) is 5.75 Å². The summed E-state index contributed by atoms with van der Waals surface area (Å²) in [6, 6.07) is 2.96. The molecule has 2 aliphatic rings. The third-order valence-corrected chi connectivity index (χ3v) is 7.15. The zero-order valence-corrected chi connectivity index (χ0v) is 16.3. The van der Waals surface area contributed by atoms with Crippen molar-refractivity contribution in [1.82, 2.24) is 10.2 Å². The van der Waals surface area contributed by atoms with Gasteiger partial charge in [-0.25, -0.2) is 4.79 Å². The van der Waals surface area contributed by atoms with E-state index in [0.717, 1.165) is 10.1 Å². The first-order chi connectivity index (χ1) is 13.3. The van der Waals surface area contributed by atoms with Crippen LogP contribution in [0.15, 0.2) is 34.8 Å². The summed E-state index contributed by atoms with van der Waals surface area (Å²) in [5, 5.41) is 24.0. The summed E-state index contributed by atoms with van der Waals surface area (Å²) in [4.78, 5) is 37.9. The number of aromatic hydroxyl groups is 1. The molecule has 0 radical (unpaired) electrons. The van der Waals surface area contributed by atoms with Gasteiger partial charge in [-0.1, -0.05) is 0 Å². The molecule has 2 aromatic rings. The predicted molar refractivity (Wildman–Crippen MR) is 106 cm³/mol. The second-order valence-corrected chi connectivity index (χ2v) is 8.73. The van der Waals surface area contributed by atoms with Crippen LogP contribution in [0.25, 0.3) is 10.1 Å². The quantitative estimate of drug-likeness (QED) is 0.550. The summed E-state index contributed by atoms with van der Waals surface area (Å²) in [5.41, 5.74) is 7.18. The van der Waals surface area contributed by atoms with E-state index >= 15 is 0 Å². The van der Waals surface area contributed by atoms with E-state index in [1.54, 1.807) is 13.0 Å². The molecule has 28 heavy (non-hydrogen) atoms. The van der Waals surface area contributed by atoms with E-state index in [2.05, 4.69) is 5.32 Å². The van der Waals surface area contributed by atoms with Crippen molar-refractivity contribution in [3.8, 4) is 5.75 Å². The van der Waals surface area contributed by atoms with Gasteiger partial charge in [0, 0.05) is 10.5 Å². The largest absolute Gasteiger partial charge is 0.508 e. The summed E-state index contributed by atoms with van der Waals surface area (Å²) >= 11 is 2.82. The fraction of sp³-hybridized carbons (Fsp3) is 0.278. The van der Waals surface area contributed by atoms with Gasteiger partial charge in [-0.2, -0.15) is 0 Å². The molecule has 0 bridgehead atoms. The van der Waals surface area contributed by atoms with E-state index in [0.29, 0.717) is 16.9 Å². The Morgan fingerprint density at radius 2 is 2.14 bits per heavy atom. The number of amides is 2. The molecule has 4 rings (SSSR count). The number of carbonyl (C=O) groups excluding carboxylic acids is 2. The topological polar surface area (TPSA) is 133 Å². The van der Waals surface area contributed by atoms with E-state index < -0.39 is 35.2 Å². The van der Waals surface area contributed by atoms with Crippen LogP contribution in [0.2, 0.25) is 0 Å². The molecule has 10 heteroatoms. The first-order valence-electron chi connectivity index (χ1n) is 8.43. The van der Waals surface area contributed by atoms with Crippen LogP contribution in [0.4, 0.5) is 0 Å². The highest BCUT2D eigenvalue weighted by molar-refractivity contribution is 8.00. The number of phenolic OH excluding ortho intramolecular Hbond substituents is 1. The second-order valence-electron chi connectivity index (χ2n) is 6.68. The number of β-lactam (4-membered cyclic amide) rings is 1. The maximum absolute atomic E-state index is 12.7. The number of thiophene rings is 1. The zero-order valence-electron chi connectivity index (χ0n) is 14.7. The maximum atomic E-state index is 12.7. The third-order valence-electron chi connectivity index (χ3n) is 4.87. The lowest BCUT2D eigenvalue weighted by Crippen LogP contribution is -2.71. The van der Waals surface area contributed by atoms with Crippen LogP contribution in [0.3, 0.4) is 0 Å². The standard InChI is InChI=1S/C18H17N3O5S2/c1-7-6-28-17-13(16(24)21(17)14(7)18(25)26)20-15(23)12(19)10-4-8(22)5-11-9(10)2-3-27-11/h2-5,12-13,17,22H,6,19H2,1H3,(H,20,23)(H,25,26)/t12?,13-,17+/m1/s1. The fourth-order valence-electron chi connectivity index (χ4n) is 3.50. The van der Waals surface area contributed by atoms with Crippen molar-refractivity contribution in [1.29, 1.82) is 0 Å². The van der Waals surface area contributed by atoms with Crippen LogP contribution < -0.4 is 11.1 Å². The summed E-state index contributed by atoms with van der Waals surface area (Å²) in [5.74, 6) is -1.70. The Hall–Kier alpha value is -2.56. The van der Waals surface area contributed by atoms with E-state index in [1.807, 2.05) is 11.4 Å². The minimum Gasteiger partial charge on any atom is -0.508 e. The molecule has 3 heterocycles. The molecule has 0 spiro atoms. The molecule has 2 amide bonds. The van der Waals surface area contributed by atoms with Gasteiger partial charge >= 0.3 is 5.97 Å². The third kappa shape index (κ3) is 2.84. The molecule has 8 nitrogen and oxygen atoms in total. The smallest absolute Gasteiger partial charge is 0.352 e.